The van der Waals surface area contributed by atoms with Gasteiger partial charge in [-0.3, -0.25) is 4.79 Å². The van der Waals surface area contributed by atoms with Gasteiger partial charge in [0.05, 0.1) is 11.1 Å². The van der Waals surface area contributed by atoms with Crippen LogP contribution in [0.1, 0.15) is 40.4 Å². The highest BCUT2D eigenvalue weighted by Gasteiger charge is 2.12. The van der Waals surface area contributed by atoms with Crippen molar-refractivity contribution in [1.82, 2.24) is 0 Å². The molecule has 0 amide bonds. The van der Waals surface area contributed by atoms with Crippen LogP contribution in [-0.2, 0) is 0 Å². The molecule has 2 aromatic rings. The molecule has 0 saturated heterocycles. The molecular weight excluding hydrogens is 328 g/mol. The number of ketones is 1. The molecule has 0 saturated carbocycles. The zero-order chi connectivity index (χ0) is 15.4. The Labute approximate surface area is 134 Å². The molecule has 0 unspecified atom stereocenters. The number of aryl methyl sites for hydroxylation is 2. The second-order valence-electron chi connectivity index (χ2n) is 5.20. The zero-order valence-corrected chi connectivity index (χ0v) is 14.2. The summed E-state index contributed by atoms with van der Waals surface area (Å²) in [6, 6.07) is 11.4. The van der Waals surface area contributed by atoms with E-state index in [1.54, 1.807) is 0 Å². The van der Waals surface area contributed by atoms with E-state index in [-0.39, 0.29) is 5.78 Å². The molecule has 0 bridgehead atoms. The predicted octanol–water partition coefficient (Wildman–Crippen LogP) is 5.09. The number of carbonyl (C=O) groups is 1. The van der Waals surface area contributed by atoms with E-state index in [1.807, 2.05) is 44.2 Å². The van der Waals surface area contributed by atoms with Crippen LogP contribution >= 0.6 is 15.9 Å². The van der Waals surface area contributed by atoms with E-state index in [4.69, 9.17) is 4.74 Å². The van der Waals surface area contributed by atoms with Crippen LogP contribution in [0, 0.1) is 13.8 Å². The van der Waals surface area contributed by atoms with Gasteiger partial charge >= 0.3 is 0 Å². The SMILES string of the molecule is CCCOc1ccc(C(=O)c2cc(C)cc(C)c2)cc1Br. The molecule has 0 aliphatic heterocycles. The number of carbonyl (C=O) groups excluding carboxylic acids is 1. The highest BCUT2D eigenvalue weighted by molar-refractivity contribution is 9.10. The quantitative estimate of drug-likeness (QED) is 0.705. The number of halogens is 1. The van der Waals surface area contributed by atoms with E-state index >= 15 is 0 Å². The predicted molar refractivity (Wildman–Crippen MR) is 89.3 cm³/mol. The number of benzene rings is 2. The monoisotopic (exact) mass is 346 g/mol. The Kier molecular flexibility index (Phi) is 5.18. The lowest BCUT2D eigenvalue weighted by Gasteiger charge is -2.09. The van der Waals surface area contributed by atoms with Crippen LogP contribution in [0.2, 0.25) is 0 Å². The molecular formula is C18H19BrO2. The molecule has 2 rings (SSSR count). The van der Waals surface area contributed by atoms with Crippen LogP contribution in [0.25, 0.3) is 0 Å². The molecule has 0 radical (unpaired) electrons. The van der Waals surface area contributed by atoms with E-state index in [1.165, 1.54) is 0 Å². The maximum absolute atomic E-state index is 12.6. The molecule has 0 N–H and O–H groups in total. The Morgan fingerprint density at radius 3 is 2.29 bits per heavy atom. The molecule has 0 aliphatic carbocycles. The van der Waals surface area contributed by atoms with Gasteiger partial charge in [-0.05, 0) is 66.5 Å². The minimum absolute atomic E-state index is 0.0320. The molecule has 0 fully saturated rings. The van der Waals surface area contributed by atoms with Gasteiger partial charge in [0, 0.05) is 11.1 Å². The molecule has 0 atom stereocenters. The van der Waals surface area contributed by atoms with Gasteiger partial charge in [0.1, 0.15) is 5.75 Å². The van der Waals surface area contributed by atoms with Crippen LogP contribution in [-0.4, -0.2) is 12.4 Å². The minimum atomic E-state index is 0.0320. The molecule has 0 spiro atoms. The molecule has 0 aliphatic rings. The van der Waals surface area contributed by atoms with Crippen molar-refractivity contribution in [3.05, 3.63) is 63.1 Å². The third-order valence-electron chi connectivity index (χ3n) is 3.14. The van der Waals surface area contributed by atoms with Crippen molar-refractivity contribution in [2.75, 3.05) is 6.61 Å². The smallest absolute Gasteiger partial charge is 0.193 e. The first-order valence-electron chi connectivity index (χ1n) is 7.06. The third-order valence-corrected chi connectivity index (χ3v) is 3.76. The van der Waals surface area contributed by atoms with Gasteiger partial charge in [-0.25, -0.2) is 0 Å². The lowest BCUT2D eigenvalue weighted by molar-refractivity contribution is 0.103. The van der Waals surface area contributed by atoms with Gasteiger partial charge in [0.2, 0.25) is 0 Å². The van der Waals surface area contributed by atoms with Crippen molar-refractivity contribution in [2.24, 2.45) is 0 Å². The van der Waals surface area contributed by atoms with Crippen LogP contribution < -0.4 is 4.74 Å². The van der Waals surface area contributed by atoms with Crippen LogP contribution in [0.4, 0.5) is 0 Å². The fraction of sp³-hybridized carbons (Fsp3) is 0.278. The zero-order valence-electron chi connectivity index (χ0n) is 12.6. The van der Waals surface area contributed by atoms with E-state index in [2.05, 4.69) is 28.9 Å². The Balaban J connectivity index is 2.29. The maximum Gasteiger partial charge on any atom is 0.193 e. The first-order chi connectivity index (χ1) is 10.0. The summed E-state index contributed by atoms with van der Waals surface area (Å²) in [5.74, 6) is 0.804. The number of ether oxygens (including phenoxy) is 1. The summed E-state index contributed by atoms with van der Waals surface area (Å²) >= 11 is 3.47. The first kappa shape index (κ1) is 15.8. The summed E-state index contributed by atoms with van der Waals surface area (Å²) in [6.07, 6.45) is 0.954. The van der Waals surface area contributed by atoms with Gasteiger partial charge in [0.25, 0.3) is 0 Å². The lowest BCUT2D eigenvalue weighted by atomic mass is 9.99. The fourth-order valence-corrected chi connectivity index (χ4v) is 2.74. The number of rotatable bonds is 5. The van der Waals surface area contributed by atoms with Gasteiger partial charge in [-0.1, -0.05) is 24.1 Å². The summed E-state index contributed by atoms with van der Waals surface area (Å²) in [6.45, 7) is 6.73. The van der Waals surface area contributed by atoms with Gasteiger partial charge < -0.3 is 4.74 Å². The average molecular weight is 347 g/mol. The molecule has 0 heterocycles. The van der Waals surface area contributed by atoms with Gasteiger partial charge in [-0.15, -0.1) is 0 Å². The molecule has 110 valence electrons. The fourth-order valence-electron chi connectivity index (χ4n) is 2.24. The van der Waals surface area contributed by atoms with Crippen molar-refractivity contribution in [2.45, 2.75) is 27.2 Å². The lowest BCUT2D eigenvalue weighted by Crippen LogP contribution is -2.03. The molecule has 21 heavy (non-hydrogen) atoms. The Morgan fingerprint density at radius 2 is 1.71 bits per heavy atom. The van der Waals surface area contributed by atoms with E-state index < -0.39 is 0 Å². The molecule has 3 heteroatoms. The second-order valence-corrected chi connectivity index (χ2v) is 6.05. The molecule has 2 aromatic carbocycles. The van der Waals surface area contributed by atoms with Crippen LogP contribution in [0.3, 0.4) is 0 Å². The third kappa shape index (κ3) is 3.94. The topological polar surface area (TPSA) is 26.3 Å². The largest absolute Gasteiger partial charge is 0.492 e. The van der Waals surface area contributed by atoms with Gasteiger partial charge in [-0.2, -0.15) is 0 Å². The van der Waals surface area contributed by atoms with E-state index in [9.17, 15) is 4.79 Å². The maximum atomic E-state index is 12.6. The summed E-state index contributed by atoms with van der Waals surface area (Å²) in [5, 5.41) is 0. The van der Waals surface area contributed by atoms with Gasteiger partial charge in [0.15, 0.2) is 5.78 Å². The Morgan fingerprint density at radius 1 is 1.05 bits per heavy atom. The van der Waals surface area contributed by atoms with Crippen molar-refractivity contribution in [1.29, 1.82) is 0 Å². The summed E-state index contributed by atoms with van der Waals surface area (Å²) < 4.78 is 6.42. The number of hydrogen-bond acceptors (Lipinski definition) is 2. The normalized spacial score (nSPS) is 10.5. The Bertz CT molecular complexity index is 642. The van der Waals surface area contributed by atoms with Crippen molar-refractivity contribution in [3.63, 3.8) is 0 Å². The van der Waals surface area contributed by atoms with Crippen molar-refractivity contribution >= 4 is 21.7 Å². The second kappa shape index (κ2) is 6.90. The average Bonchev–Trinajstić information content (AvgIpc) is 2.44. The van der Waals surface area contributed by atoms with E-state index in [0.717, 1.165) is 33.3 Å². The van der Waals surface area contributed by atoms with Crippen molar-refractivity contribution < 1.29 is 9.53 Å². The standard InChI is InChI=1S/C18H19BrO2/c1-4-7-21-17-6-5-14(11-16(17)19)18(20)15-9-12(2)8-13(3)10-15/h5-6,8-11H,4,7H2,1-3H3. The summed E-state index contributed by atoms with van der Waals surface area (Å²) in [4.78, 5) is 12.6. The van der Waals surface area contributed by atoms with Crippen LogP contribution in [0.5, 0.6) is 5.75 Å². The highest BCUT2D eigenvalue weighted by Crippen LogP contribution is 2.27. The minimum Gasteiger partial charge on any atom is -0.492 e. The molecule has 2 nitrogen and oxygen atoms in total. The number of hydrogen-bond donors (Lipinski definition) is 0. The van der Waals surface area contributed by atoms with E-state index in [0.29, 0.717) is 12.2 Å². The first-order valence-corrected chi connectivity index (χ1v) is 7.86. The summed E-state index contributed by atoms with van der Waals surface area (Å²) in [7, 11) is 0. The Hall–Kier alpha value is -1.61. The van der Waals surface area contributed by atoms with Crippen LogP contribution in [0.15, 0.2) is 40.9 Å². The molecule has 0 aromatic heterocycles. The van der Waals surface area contributed by atoms with Crippen molar-refractivity contribution in [3.8, 4) is 5.75 Å². The highest BCUT2D eigenvalue weighted by atomic mass is 79.9. The summed E-state index contributed by atoms with van der Waals surface area (Å²) in [5.41, 5.74) is 3.58.